The molecule has 1 N–H and O–H groups in total. The van der Waals surface area contributed by atoms with Crippen LogP contribution in [0, 0.1) is 11.3 Å². The number of rotatable bonds is 5. The van der Waals surface area contributed by atoms with Gasteiger partial charge in [0.25, 0.3) is 5.91 Å². The van der Waals surface area contributed by atoms with Crippen molar-refractivity contribution in [2.75, 3.05) is 0 Å². The second-order valence-electron chi connectivity index (χ2n) is 7.66. The van der Waals surface area contributed by atoms with Crippen LogP contribution in [-0.2, 0) is 11.6 Å². The van der Waals surface area contributed by atoms with E-state index in [9.17, 15) is 23.2 Å². The molecule has 1 aliphatic carbocycles. The number of nitrogens with zero attached hydrogens (tertiary/aromatic N) is 5. The van der Waals surface area contributed by atoms with Gasteiger partial charge in [-0.25, -0.2) is 4.98 Å². The maximum atomic E-state index is 13.4. The highest BCUT2D eigenvalue weighted by molar-refractivity contribution is 9.10. The molecular weight excluding hydrogens is 501 g/mol. The Morgan fingerprint density at radius 2 is 1.94 bits per heavy atom. The number of halogens is 4. The first-order valence-electron chi connectivity index (χ1n) is 9.88. The quantitative estimate of drug-likeness (QED) is 0.524. The van der Waals surface area contributed by atoms with Crippen molar-refractivity contribution in [2.24, 2.45) is 0 Å². The molecule has 1 unspecified atom stereocenters. The minimum Gasteiger partial charge on any atom is -0.344 e. The third kappa shape index (κ3) is 4.71. The molecule has 0 spiro atoms. The van der Waals surface area contributed by atoms with Crippen molar-refractivity contribution in [3.63, 3.8) is 0 Å². The Labute approximate surface area is 195 Å². The van der Waals surface area contributed by atoms with Crippen molar-refractivity contribution in [3.05, 3.63) is 70.0 Å². The molecule has 4 rings (SSSR count). The third-order valence-electron chi connectivity index (χ3n) is 5.29. The van der Waals surface area contributed by atoms with Crippen molar-refractivity contribution in [1.82, 2.24) is 25.3 Å². The van der Waals surface area contributed by atoms with Crippen LogP contribution in [0.5, 0.6) is 0 Å². The summed E-state index contributed by atoms with van der Waals surface area (Å²) in [4.78, 5) is 29.5. The number of alkyl halides is 3. The molecule has 7 nitrogen and oxygen atoms in total. The summed E-state index contributed by atoms with van der Waals surface area (Å²) in [6, 6.07) is 6.78. The number of amides is 1. The normalized spacial score (nSPS) is 15.4. The third-order valence-corrected chi connectivity index (χ3v) is 5.76. The first-order valence-corrected chi connectivity index (χ1v) is 10.7. The number of pyridine rings is 2. The van der Waals surface area contributed by atoms with Gasteiger partial charge in [-0.1, -0.05) is 0 Å². The van der Waals surface area contributed by atoms with Crippen molar-refractivity contribution >= 4 is 21.8 Å². The average Bonchev–Trinajstić information content (AvgIpc) is 3.60. The van der Waals surface area contributed by atoms with E-state index in [1.54, 1.807) is 25.3 Å². The molecule has 168 valence electrons. The van der Waals surface area contributed by atoms with Gasteiger partial charge < -0.3 is 5.32 Å². The molecular formula is C22H16BrF3N6O. The van der Waals surface area contributed by atoms with Gasteiger partial charge in [0.05, 0.1) is 34.6 Å². The van der Waals surface area contributed by atoms with Crippen LogP contribution in [0.2, 0.25) is 0 Å². The zero-order valence-electron chi connectivity index (χ0n) is 17.2. The molecule has 33 heavy (non-hydrogen) atoms. The Balaban J connectivity index is 1.65. The SMILES string of the molecule is CC(NC(=O)c1cc(C(F)(F)F)nc(C2(C#N)CC2)c1)c1nccnc1-c1ccc(Br)cn1. The Morgan fingerprint density at radius 1 is 1.21 bits per heavy atom. The van der Waals surface area contributed by atoms with Crippen LogP contribution in [0.15, 0.2) is 47.3 Å². The highest BCUT2D eigenvalue weighted by Gasteiger charge is 2.48. The van der Waals surface area contributed by atoms with Crippen molar-refractivity contribution in [3.8, 4) is 17.5 Å². The first-order chi connectivity index (χ1) is 15.6. The van der Waals surface area contributed by atoms with Gasteiger partial charge >= 0.3 is 6.18 Å². The standard InChI is InChI=1S/C22H16BrF3N6O/c1-12(18-19(29-7-6-28-18)15-3-2-14(23)10-30-15)31-20(33)13-8-16(21(11-27)4-5-21)32-17(9-13)22(24,25)26/h2-3,6-10,12H,4-5H2,1H3,(H,31,33). The summed E-state index contributed by atoms with van der Waals surface area (Å²) in [7, 11) is 0. The molecule has 0 radical (unpaired) electrons. The van der Waals surface area contributed by atoms with E-state index in [4.69, 9.17) is 0 Å². The second-order valence-corrected chi connectivity index (χ2v) is 8.58. The van der Waals surface area contributed by atoms with E-state index in [1.165, 1.54) is 18.5 Å². The van der Waals surface area contributed by atoms with Crippen LogP contribution in [0.1, 0.15) is 53.2 Å². The van der Waals surface area contributed by atoms with Crippen LogP contribution >= 0.6 is 15.9 Å². The predicted octanol–water partition coefficient (Wildman–Crippen LogP) is 4.76. The zero-order chi connectivity index (χ0) is 23.8. The highest BCUT2D eigenvalue weighted by atomic mass is 79.9. The number of carbonyl (C=O) groups is 1. The van der Waals surface area contributed by atoms with E-state index in [-0.39, 0.29) is 11.3 Å². The number of hydrogen-bond acceptors (Lipinski definition) is 6. The minimum atomic E-state index is -4.76. The summed E-state index contributed by atoms with van der Waals surface area (Å²) >= 11 is 3.31. The van der Waals surface area contributed by atoms with Gasteiger partial charge in [-0.05, 0) is 60.0 Å². The van der Waals surface area contributed by atoms with Gasteiger partial charge in [-0.3, -0.25) is 19.7 Å². The second kappa shape index (κ2) is 8.51. The smallest absolute Gasteiger partial charge is 0.344 e. The Bertz CT molecular complexity index is 1250. The van der Waals surface area contributed by atoms with Crippen molar-refractivity contribution in [1.29, 1.82) is 5.26 Å². The van der Waals surface area contributed by atoms with Crippen LogP contribution in [-0.4, -0.2) is 25.8 Å². The average molecular weight is 517 g/mol. The molecule has 1 amide bonds. The molecule has 0 bridgehead atoms. The summed E-state index contributed by atoms with van der Waals surface area (Å²) < 4.78 is 41.0. The van der Waals surface area contributed by atoms with E-state index < -0.39 is 29.2 Å². The maximum Gasteiger partial charge on any atom is 0.433 e. The van der Waals surface area contributed by atoms with Crippen LogP contribution in [0.25, 0.3) is 11.4 Å². The molecule has 0 aromatic carbocycles. The zero-order valence-corrected chi connectivity index (χ0v) is 18.8. The lowest BCUT2D eigenvalue weighted by Crippen LogP contribution is -2.29. The number of nitrogens with one attached hydrogen (secondary N) is 1. The summed E-state index contributed by atoms with van der Waals surface area (Å²) in [5.74, 6) is -0.745. The van der Waals surface area contributed by atoms with E-state index >= 15 is 0 Å². The fraction of sp³-hybridized carbons (Fsp3) is 0.273. The maximum absolute atomic E-state index is 13.4. The van der Waals surface area contributed by atoms with E-state index in [0.29, 0.717) is 36.0 Å². The molecule has 3 aromatic heterocycles. The predicted molar refractivity (Wildman–Crippen MR) is 115 cm³/mol. The molecule has 3 heterocycles. The summed E-state index contributed by atoms with van der Waals surface area (Å²) in [5.41, 5.74) is -1.19. The van der Waals surface area contributed by atoms with Gasteiger partial charge in [-0.2, -0.15) is 18.4 Å². The number of aromatic nitrogens is 4. The minimum absolute atomic E-state index is 0.0446. The van der Waals surface area contributed by atoms with E-state index in [0.717, 1.165) is 4.47 Å². The molecule has 3 aromatic rings. The Morgan fingerprint density at radius 3 is 2.55 bits per heavy atom. The molecule has 1 aliphatic rings. The Kier molecular flexibility index (Phi) is 5.88. The molecule has 1 saturated carbocycles. The topological polar surface area (TPSA) is 104 Å². The number of nitriles is 1. The van der Waals surface area contributed by atoms with Gasteiger partial charge in [0, 0.05) is 28.6 Å². The lowest BCUT2D eigenvalue weighted by molar-refractivity contribution is -0.141. The van der Waals surface area contributed by atoms with E-state index in [1.807, 2.05) is 6.07 Å². The molecule has 1 atom stereocenters. The van der Waals surface area contributed by atoms with Crippen LogP contribution in [0.3, 0.4) is 0 Å². The monoisotopic (exact) mass is 516 g/mol. The van der Waals surface area contributed by atoms with Crippen molar-refractivity contribution < 1.29 is 18.0 Å². The fourth-order valence-electron chi connectivity index (χ4n) is 3.33. The van der Waals surface area contributed by atoms with Gasteiger partial charge in [-0.15, -0.1) is 0 Å². The van der Waals surface area contributed by atoms with Gasteiger partial charge in [0.2, 0.25) is 0 Å². The Hall–Kier alpha value is -3.39. The summed E-state index contributed by atoms with van der Waals surface area (Å²) in [6.07, 6.45) is 0.580. The molecule has 11 heteroatoms. The van der Waals surface area contributed by atoms with Gasteiger partial charge in [0.1, 0.15) is 11.4 Å². The number of carbonyl (C=O) groups excluding carboxylic acids is 1. The molecule has 1 fully saturated rings. The molecule has 0 aliphatic heterocycles. The van der Waals surface area contributed by atoms with E-state index in [2.05, 4.69) is 41.2 Å². The summed E-state index contributed by atoms with van der Waals surface area (Å²) in [5, 5.41) is 12.1. The lowest BCUT2D eigenvalue weighted by Gasteiger charge is -2.17. The first kappa shape index (κ1) is 22.8. The molecule has 0 saturated heterocycles. The highest BCUT2D eigenvalue weighted by Crippen LogP contribution is 2.47. The van der Waals surface area contributed by atoms with Gasteiger partial charge in [0.15, 0.2) is 0 Å². The van der Waals surface area contributed by atoms with Crippen molar-refractivity contribution in [2.45, 2.75) is 37.4 Å². The summed E-state index contributed by atoms with van der Waals surface area (Å²) in [6.45, 7) is 1.65. The fourth-order valence-corrected chi connectivity index (χ4v) is 3.56. The van der Waals surface area contributed by atoms with Crippen LogP contribution in [0.4, 0.5) is 13.2 Å². The largest absolute Gasteiger partial charge is 0.433 e. The number of hydrogen-bond donors (Lipinski definition) is 1. The van der Waals surface area contributed by atoms with Crippen LogP contribution < -0.4 is 5.32 Å². The lowest BCUT2D eigenvalue weighted by atomic mass is 10.0.